The second-order valence-electron chi connectivity index (χ2n) is 2.23. The molecule has 1 aromatic rings. The minimum Gasteiger partial charge on any atom is -1.00 e. The molecule has 0 spiro atoms. The van der Waals surface area contributed by atoms with Gasteiger partial charge < -0.3 is 18.7 Å². The largest absolute Gasteiger partial charge is 1.00 e. The van der Waals surface area contributed by atoms with Gasteiger partial charge in [0.05, 0.1) is 6.33 Å². The Hall–Kier alpha value is 1.28. The Morgan fingerprint density at radius 1 is 1.85 bits per heavy atom. The topological polar surface area (TPSA) is 92.0 Å². The number of rotatable bonds is 3. The van der Waals surface area contributed by atoms with E-state index in [1.54, 1.807) is 6.20 Å². The van der Waals surface area contributed by atoms with Crippen LogP contribution >= 0.6 is 0 Å². The van der Waals surface area contributed by atoms with Crippen molar-refractivity contribution in [3.8, 4) is 0 Å². The zero-order valence-electron chi connectivity index (χ0n) is 9.82. The molecule has 0 saturated heterocycles. The third-order valence-corrected chi connectivity index (χ3v) is 1.31. The van der Waals surface area contributed by atoms with E-state index in [4.69, 9.17) is 10.8 Å². The molecule has 0 fully saturated rings. The molecule has 5 nitrogen and oxygen atoms in total. The van der Waals surface area contributed by atoms with E-state index in [1.807, 2.05) is 0 Å². The van der Waals surface area contributed by atoms with E-state index >= 15 is 0 Å². The molecule has 0 aliphatic heterocycles. The molecule has 4 N–H and O–H groups in total. The predicted molar refractivity (Wildman–Crippen MR) is 40.1 cm³/mol. The molecule has 1 heterocycles. The van der Waals surface area contributed by atoms with E-state index in [0.717, 1.165) is 5.69 Å². The molecule has 13 heavy (non-hydrogen) atoms. The molecule has 0 unspecified atom stereocenters. The molecule has 1 rings (SSSR count). The number of aromatic amines is 1. The number of H-pyrrole nitrogens is 1. The van der Waals surface area contributed by atoms with E-state index in [2.05, 4.69) is 9.97 Å². The summed E-state index contributed by atoms with van der Waals surface area (Å²) >= 11 is 0. The van der Waals surface area contributed by atoms with Crippen molar-refractivity contribution in [3.63, 3.8) is 0 Å². The van der Waals surface area contributed by atoms with E-state index in [0.29, 0.717) is 0 Å². The SMILES string of the molecule is N[C@@H](Cc1cnc[nH]1)C(=O)O.[H-].[H-].[K+].[Na+]. The summed E-state index contributed by atoms with van der Waals surface area (Å²) < 4.78 is 0. The number of aromatic nitrogens is 2. The Labute approximate surface area is 144 Å². The van der Waals surface area contributed by atoms with Crippen molar-refractivity contribution in [2.75, 3.05) is 0 Å². The van der Waals surface area contributed by atoms with Crippen molar-refractivity contribution in [2.24, 2.45) is 5.73 Å². The molecule has 1 atom stereocenters. The molecule has 0 aromatic carbocycles. The molecule has 0 aliphatic rings. The predicted octanol–water partition coefficient (Wildman–Crippen LogP) is -6.40. The van der Waals surface area contributed by atoms with Crippen molar-refractivity contribution < 1.29 is 93.7 Å². The minimum absolute atomic E-state index is 0. The first-order chi connectivity index (χ1) is 5.20. The van der Waals surface area contributed by atoms with E-state index in [1.165, 1.54) is 6.33 Å². The van der Waals surface area contributed by atoms with Gasteiger partial charge in [-0.1, -0.05) is 0 Å². The van der Waals surface area contributed by atoms with Gasteiger partial charge in [-0.05, 0) is 0 Å². The van der Waals surface area contributed by atoms with Gasteiger partial charge in [0, 0.05) is 18.3 Å². The van der Waals surface area contributed by atoms with Gasteiger partial charge in [-0.15, -0.1) is 0 Å². The molecular weight excluding hydrogens is 208 g/mol. The minimum atomic E-state index is -1.00. The van der Waals surface area contributed by atoms with Gasteiger partial charge in [-0.2, -0.15) is 0 Å². The number of carbonyl (C=O) groups is 1. The van der Waals surface area contributed by atoms with Gasteiger partial charge in [-0.3, -0.25) is 4.79 Å². The van der Waals surface area contributed by atoms with Crippen molar-refractivity contribution in [1.29, 1.82) is 0 Å². The second kappa shape index (κ2) is 8.57. The molecular formula is C6H11KN3NaO2. The summed E-state index contributed by atoms with van der Waals surface area (Å²) in [5.41, 5.74) is 6.00. The van der Waals surface area contributed by atoms with Crippen LogP contribution < -0.4 is 86.7 Å². The van der Waals surface area contributed by atoms with Gasteiger partial charge in [0.2, 0.25) is 0 Å². The van der Waals surface area contributed by atoms with Gasteiger partial charge >= 0.3 is 86.9 Å². The van der Waals surface area contributed by atoms with E-state index in [-0.39, 0.29) is 90.2 Å². The van der Waals surface area contributed by atoms with Crippen molar-refractivity contribution in [1.82, 2.24) is 9.97 Å². The first-order valence-corrected chi connectivity index (χ1v) is 3.16. The third-order valence-electron chi connectivity index (χ3n) is 1.31. The number of aliphatic carboxylic acids is 1. The van der Waals surface area contributed by atoms with E-state index in [9.17, 15) is 4.79 Å². The van der Waals surface area contributed by atoms with Crippen LogP contribution in [-0.4, -0.2) is 27.1 Å². The maximum absolute atomic E-state index is 10.3. The molecule has 0 bridgehead atoms. The zero-order chi connectivity index (χ0) is 8.27. The number of nitrogens with one attached hydrogen (secondary N) is 1. The van der Waals surface area contributed by atoms with Crippen LogP contribution in [0.1, 0.15) is 8.55 Å². The second-order valence-corrected chi connectivity index (χ2v) is 2.23. The van der Waals surface area contributed by atoms with Crippen LogP contribution in [0.25, 0.3) is 0 Å². The number of hydrogen-bond acceptors (Lipinski definition) is 3. The maximum Gasteiger partial charge on any atom is 1.00 e. The quantitative estimate of drug-likeness (QED) is 0.441. The monoisotopic (exact) mass is 219 g/mol. The van der Waals surface area contributed by atoms with Crippen LogP contribution in [0.2, 0.25) is 0 Å². The molecule has 64 valence electrons. The van der Waals surface area contributed by atoms with Crippen molar-refractivity contribution >= 4 is 5.97 Å². The van der Waals surface area contributed by atoms with Gasteiger partial charge in [0.25, 0.3) is 0 Å². The summed E-state index contributed by atoms with van der Waals surface area (Å²) in [6.07, 6.45) is 3.34. The van der Waals surface area contributed by atoms with Gasteiger partial charge in [0.1, 0.15) is 6.04 Å². The smallest absolute Gasteiger partial charge is 1.00 e. The molecule has 0 saturated carbocycles. The normalized spacial score (nSPS) is 10.8. The summed E-state index contributed by atoms with van der Waals surface area (Å²) in [6, 6.07) is -0.851. The number of carboxylic acids is 1. The fraction of sp³-hybridized carbons (Fsp3) is 0.333. The average molecular weight is 219 g/mol. The molecule has 7 heteroatoms. The van der Waals surface area contributed by atoms with Gasteiger partial charge in [0.15, 0.2) is 0 Å². The summed E-state index contributed by atoms with van der Waals surface area (Å²) in [5, 5.41) is 8.42. The van der Waals surface area contributed by atoms with Crippen LogP contribution in [-0.2, 0) is 11.2 Å². The van der Waals surface area contributed by atoms with Crippen molar-refractivity contribution in [3.05, 3.63) is 18.2 Å². The van der Waals surface area contributed by atoms with Crippen LogP contribution in [0, 0.1) is 0 Å². The Morgan fingerprint density at radius 3 is 2.85 bits per heavy atom. The number of hydrogen-bond donors (Lipinski definition) is 3. The fourth-order valence-corrected chi connectivity index (χ4v) is 0.721. The fourth-order valence-electron chi connectivity index (χ4n) is 0.721. The Bertz CT molecular complexity index is 251. The van der Waals surface area contributed by atoms with E-state index < -0.39 is 12.0 Å². The summed E-state index contributed by atoms with van der Waals surface area (Å²) in [7, 11) is 0. The summed E-state index contributed by atoms with van der Waals surface area (Å²) in [6.45, 7) is 0. The number of nitrogens with zero attached hydrogens (tertiary/aromatic N) is 1. The zero-order valence-corrected chi connectivity index (χ0v) is 12.9. The maximum atomic E-state index is 10.3. The summed E-state index contributed by atoms with van der Waals surface area (Å²) in [4.78, 5) is 16.8. The Kier molecular flexibility index (Phi) is 11.0. The number of nitrogens with two attached hydrogens (primary N) is 1. The molecule has 0 radical (unpaired) electrons. The molecule has 0 aliphatic carbocycles. The first-order valence-electron chi connectivity index (χ1n) is 3.16. The van der Waals surface area contributed by atoms with Crippen LogP contribution in [0.4, 0.5) is 0 Å². The van der Waals surface area contributed by atoms with Crippen molar-refractivity contribution in [2.45, 2.75) is 12.5 Å². The first kappa shape index (κ1) is 16.7. The van der Waals surface area contributed by atoms with Crippen LogP contribution in [0.3, 0.4) is 0 Å². The third kappa shape index (κ3) is 6.37. The molecule has 0 amide bonds. The van der Waals surface area contributed by atoms with Crippen LogP contribution in [0.5, 0.6) is 0 Å². The standard InChI is InChI=1S/C6H9N3O2.K.Na.2H/c7-5(6(10)11)1-4-2-8-3-9-4;;;;/h2-3,5H,1,7H2,(H,8,9)(H,10,11);;;;/q;2*+1;2*-1/t5-;;;;/m0..../s1. The number of imidazole rings is 1. The average Bonchev–Trinajstić information content (AvgIpc) is 2.39. The van der Waals surface area contributed by atoms with Crippen LogP contribution in [0.15, 0.2) is 12.5 Å². The molecule has 1 aromatic heterocycles. The summed E-state index contributed by atoms with van der Waals surface area (Å²) in [5.74, 6) is -1.00. The Balaban J connectivity index is -0.000000151. The van der Waals surface area contributed by atoms with Gasteiger partial charge in [-0.25, -0.2) is 4.98 Å². The number of carboxylic acid groups (broad SMARTS) is 1. The Morgan fingerprint density at radius 2 is 2.46 bits per heavy atom.